The molecule has 0 aliphatic heterocycles. The van der Waals surface area contributed by atoms with Gasteiger partial charge in [0.25, 0.3) is 0 Å². The van der Waals surface area contributed by atoms with Gasteiger partial charge in [-0.3, -0.25) is 9.48 Å². The van der Waals surface area contributed by atoms with Crippen molar-refractivity contribution in [2.75, 3.05) is 6.26 Å². The number of carboxylic acids is 1. The summed E-state index contributed by atoms with van der Waals surface area (Å²) < 4.78 is 23.6. The van der Waals surface area contributed by atoms with E-state index in [0.29, 0.717) is 0 Å². The Hall–Kier alpha value is -1.37. The minimum Gasteiger partial charge on any atom is -0.481 e. The molecule has 1 unspecified atom stereocenters. The topological polar surface area (TPSA) is 89.3 Å². The van der Waals surface area contributed by atoms with Crippen molar-refractivity contribution in [2.45, 2.75) is 24.3 Å². The molecule has 0 saturated heterocycles. The first-order valence-corrected chi connectivity index (χ1v) is 6.16. The molecule has 84 valence electrons. The van der Waals surface area contributed by atoms with Gasteiger partial charge >= 0.3 is 5.97 Å². The molecule has 7 heteroatoms. The average molecular weight is 232 g/mol. The van der Waals surface area contributed by atoms with Crippen molar-refractivity contribution < 1.29 is 18.3 Å². The Morgan fingerprint density at radius 3 is 2.67 bits per heavy atom. The highest BCUT2D eigenvalue weighted by molar-refractivity contribution is 7.90. The minimum absolute atomic E-state index is 0.0924. The average Bonchev–Trinajstić information content (AvgIpc) is 2.48. The van der Waals surface area contributed by atoms with Gasteiger partial charge in [0.15, 0.2) is 9.84 Å². The number of carbonyl (C=O) groups is 1. The molecule has 0 bridgehead atoms. The first kappa shape index (κ1) is 11.7. The number of sulfone groups is 1. The molecule has 1 rings (SSSR count). The standard InChI is InChI=1S/C8H12N2O4S/c1-6(3-8(11)12)10-5-7(4-9-10)15(2,13)14/h4-6H,3H2,1-2H3,(H,11,12). The summed E-state index contributed by atoms with van der Waals surface area (Å²) in [5, 5.41) is 12.4. The highest BCUT2D eigenvalue weighted by atomic mass is 32.2. The SMILES string of the molecule is CC(CC(=O)O)n1cc(S(C)(=O)=O)cn1. The summed E-state index contributed by atoms with van der Waals surface area (Å²) in [5.41, 5.74) is 0. The fraction of sp³-hybridized carbons (Fsp3) is 0.500. The Bertz CT molecular complexity index is 463. The molecule has 1 N–H and O–H groups in total. The maximum atomic E-state index is 11.1. The van der Waals surface area contributed by atoms with E-state index in [1.165, 1.54) is 17.1 Å². The molecule has 1 atom stereocenters. The number of carboxylic acid groups (broad SMARTS) is 1. The summed E-state index contributed by atoms with van der Waals surface area (Å²) in [6, 6.07) is -0.363. The van der Waals surface area contributed by atoms with Gasteiger partial charge in [-0.25, -0.2) is 8.42 Å². The van der Waals surface area contributed by atoms with Gasteiger partial charge in [-0.05, 0) is 6.92 Å². The Kier molecular flexibility index (Phi) is 3.13. The molecule has 1 aromatic heterocycles. The van der Waals surface area contributed by atoms with Gasteiger partial charge in [0.2, 0.25) is 0 Å². The van der Waals surface area contributed by atoms with Crippen LogP contribution in [0.15, 0.2) is 17.3 Å². The van der Waals surface area contributed by atoms with E-state index in [1.54, 1.807) is 6.92 Å². The third-order valence-electron chi connectivity index (χ3n) is 1.93. The lowest BCUT2D eigenvalue weighted by molar-refractivity contribution is -0.137. The normalized spacial score (nSPS) is 13.7. The number of hydrogen-bond donors (Lipinski definition) is 1. The van der Waals surface area contributed by atoms with Crippen LogP contribution in [0.4, 0.5) is 0 Å². The summed E-state index contributed by atoms with van der Waals surface area (Å²) in [6.07, 6.45) is 3.54. The second-order valence-corrected chi connectivity index (χ2v) is 5.39. The van der Waals surface area contributed by atoms with E-state index in [0.717, 1.165) is 6.26 Å². The van der Waals surface area contributed by atoms with E-state index < -0.39 is 15.8 Å². The molecular formula is C8H12N2O4S. The molecule has 6 nitrogen and oxygen atoms in total. The molecule has 0 aliphatic carbocycles. The van der Waals surface area contributed by atoms with Crippen LogP contribution in [-0.4, -0.2) is 35.5 Å². The first-order chi connectivity index (χ1) is 6.80. The Morgan fingerprint density at radius 1 is 1.67 bits per heavy atom. The lowest BCUT2D eigenvalue weighted by Crippen LogP contribution is -2.10. The second kappa shape index (κ2) is 4.01. The number of aromatic nitrogens is 2. The molecule has 0 aromatic carbocycles. The van der Waals surface area contributed by atoms with Crippen molar-refractivity contribution in [3.8, 4) is 0 Å². The van der Waals surface area contributed by atoms with Crippen LogP contribution in [0.25, 0.3) is 0 Å². The third-order valence-corrected chi connectivity index (χ3v) is 2.99. The Balaban J connectivity index is 2.90. The summed E-state index contributed by atoms with van der Waals surface area (Å²) in [7, 11) is -3.27. The summed E-state index contributed by atoms with van der Waals surface area (Å²) in [4.78, 5) is 10.5. The van der Waals surface area contributed by atoms with Crippen molar-refractivity contribution in [1.29, 1.82) is 0 Å². The van der Waals surface area contributed by atoms with Gasteiger partial charge in [-0.2, -0.15) is 5.10 Å². The molecule has 15 heavy (non-hydrogen) atoms. The maximum absolute atomic E-state index is 11.1. The van der Waals surface area contributed by atoms with Crippen LogP contribution in [0, 0.1) is 0 Å². The molecular weight excluding hydrogens is 220 g/mol. The number of rotatable bonds is 4. The van der Waals surface area contributed by atoms with E-state index in [4.69, 9.17) is 5.11 Å². The van der Waals surface area contributed by atoms with Crippen LogP contribution in [0.1, 0.15) is 19.4 Å². The predicted molar refractivity (Wildman–Crippen MR) is 52.3 cm³/mol. The van der Waals surface area contributed by atoms with Gasteiger partial charge in [-0.1, -0.05) is 0 Å². The third kappa shape index (κ3) is 3.05. The van der Waals surface area contributed by atoms with Crippen molar-refractivity contribution >= 4 is 15.8 Å². The highest BCUT2D eigenvalue weighted by Gasteiger charge is 2.14. The quantitative estimate of drug-likeness (QED) is 0.807. The molecule has 0 aliphatic rings. The van der Waals surface area contributed by atoms with Gasteiger partial charge in [0, 0.05) is 12.5 Å². The maximum Gasteiger partial charge on any atom is 0.305 e. The monoisotopic (exact) mass is 232 g/mol. The van der Waals surface area contributed by atoms with E-state index >= 15 is 0 Å². The molecule has 0 spiro atoms. The van der Waals surface area contributed by atoms with Gasteiger partial charge < -0.3 is 5.11 Å². The lowest BCUT2D eigenvalue weighted by atomic mass is 10.2. The Labute approximate surface area is 87.4 Å². The zero-order valence-electron chi connectivity index (χ0n) is 8.41. The Morgan fingerprint density at radius 2 is 2.27 bits per heavy atom. The molecule has 0 amide bonds. The zero-order valence-corrected chi connectivity index (χ0v) is 9.23. The summed E-state index contributed by atoms with van der Waals surface area (Å²) in [6.45, 7) is 1.66. The largest absolute Gasteiger partial charge is 0.481 e. The molecule has 1 heterocycles. The predicted octanol–water partition coefficient (Wildman–Crippen LogP) is 0.322. The van der Waals surface area contributed by atoms with Crippen LogP contribution in [0.3, 0.4) is 0 Å². The van der Waals surface area contributed by atoms with Crippen molar-refractivity contribution in [2.24, 2.45) is 0 Å². The molecule has 0 saturated carbocycles. The van der Waals surface area contributed by atoms with Crippen LogP contribution in [0.2, 0.25) is 0 Å². The van der Waals surface area contributed by atoms with Crippen molar-refractivity contribution in [3.05, 3.63) is 12.4 Å². The molecule has 1 aromatic rings. The highest BCUT2D eigenvalue weighted by Crippen LogP contribution is 2.13. The van der Waals surface area contributed by atoms with Crippen LogP contribution < -0.4 is 0 Å². The fourth-order valence-corrected chi connectivity index (χ4v) is 1.64. The molecule has 0 radical (unpaired) electrons. The van der Waals surface area contributed by atoms with E-state index in [2.05, 4.69) is 5.10 Å². The van der Waals surface area contributed by atoms with Crippen molar-refractivity contribution in [3.63, 3.8) is 0 Å². The van der Waals surface area contributed by atoms with E-state index in [-0.39, 0.29) is 17.4 Å². The number of aliphatic carboxylic acids is 1. The summed E-state index contributed by atoms with van der Waals surface area (Å²) in [5.74, 6) is -0.945. The first-order valence-electron chi connectivity index (χ1n) is 4.26. The fourth-order valence-electron chi connectivity index (χ4n) is 1.10. The van der Waals surface area contributed by atoms with Gasteiger partial charge in [0.1, 0.15) is 4.90 Å². The second-order valence-electron chi connectivity index (χ2n) is 3.38. The van der Waals surface area contributed by atoms with Gasteiger partial charge in [-0.15, -0.1) is 0 Å². The lowest BCUT2D eigenvalue weighted by Gasteiger charge is -2.07. The van der Waals surface area contributed by atoms with Crippen LogP contribution >= 0.6 is 0 Å². The smallest absolute Gasteiger partial charge is 0.305 e. The van der Waals surface area contributed by atoms with Crippen LogP contribution in [-0.2, 0) is 14.6 Å². The summed E-state index contributed by atoms with van der Waals surface area (Å²) >= 11 is 0. The zero-order chi connectivity index (χ0) is 11.6. The number of hydrogen-bond acceptors (Lipinski definition) is 4. The molecule has 0 fully saturated rings. The van der Waals surface area contributed by atoms with Gasteiger partial charge in [0.05, 0.1) is 18.7 Å². The van der Waals surface area contributed by atoms with E-state index in [9.17, 15) is 13.2 Å². The van der Waals surface area contributed by atoms with Crippen molar-refractivity contribution in [1.82, 2.24) is 9.78 Å². The van der Waals surface area contributed by atoms with E-state index in [1.807, 2.05) is 0 Å². The van der Waals surface area contributed by atoms with Crippen LogP contribution in [0.5, 0.6) is 0 Å². The minimum atomic E-state index is -3.27. The number of nitrogens with zero attached hydrogens (tertiary/aromatic N) is 2.